The van der Waals surface area contributed by atoms with Crippen LogP contribution in [0.1, 0.15) is 28.8 Å². The molecular formula is C21H20Br2ClNO2S. The number of Topliss-reactive ketones (excluding diaryl/α,β-unsaturated/α-hetero) is 1. The molecule has 2 heterocycles. The van der Waals surface area contributed by atoms with Crippen LogP contribution in [0.4, 0.5) is 0 Å². The first kappa shape index (κ1) is 20.7. The first-order valence-electron chi connectivity index (χ1n) is 9.23. The van der Waals surface area contributed by atoms with E-state index in [1.807, 2.05) is 37.3 Å². The maximum Gasteiger partial charge on any atom is 0.187 e. The number of fused-ring (bicyclic) bond motifs is 1. The van der Waals surface area contributed by atoms with Gasteiger partial charge in [-0.1, -0.05) is 27.5 Å². The minimum Gasteiger partial charge on any atom is -0.490 e. The summed E-state index contributed by atoms with van der Waals surface area (Å²) in [5, 5.41) is 0.692. The Balaban J connectivity index is 1.75. The number of hydrogen-bond acceptors (Lipinski definition) is 4. The zero-order valence-electron chi connectivity index (χ0n) is 15.4. The number of likely N-dealkylation sites (tertiary alicyclic amines) is 1. The van der Waals surface area contributed by atoms with Crippen molar-refractivity contribution in [2.45, 2.75) is 29.4 Å². The van der Waals surface area contributed by atoms with Crippen molar-refractivity contribution in [1.82, 2.24) is 4.90 Å². The van der Waals surface area contributed by atoms with E-state index in [0.717, 1.165) is 32.5 Å². The van der Waals surface area contributed by atoms with Crippen LogP contribution < -0.4 is 4.74 Å². The molecule has 0 spiro atoms. The minimum atomic E-state index is -0.681. The van der Waals surface area contributed by atoms with Gasteiger partial charge < -0.3 is 9.64 Å². The van der Waals surface area contributed by atoms with Crippen LogP contribution in [0.15, 0.2) is 44.2 Å². The van der Waals surface area contributed by atoms with Gasteiger partial charge in [0.15, 0.2) is 5.78 Å². The highest BCUT2D eigenvalue weighted by Gasteiger charge is 2.47. The van der Waals surface area contributed by atoms with Gasteiger partial charge in [0.05, 0.1) is 10.0 Å². The van der Waals surface area contributed by atoms with Gasteiger partial charge in [0.1, 0.15) is 17.1 Å². The number of ketones is 1. The number of thioether (sulfide) groups is 1. The molecule has 1 atom stereocenters. The summed E-state index contributed by atoms with van der Waals surface area (Å²) in [5.74, 6) is 0.779. The molecule has 0 saturated carbocycles. The molecule has 148 valence electrons. The molecule has 0 N–H and O–H groups in total. The van der Waals surface area contributed by atoms with Crippen LogP contribution in [-0.2, 0) is 0 Å². The normalized spacial score (nSPS) is 22.2. The monoisotopic (exact) mass is 543 g/mol. The van der Waals surface area contributed by atoms with E-state index in [4.69, 9.17) is 16.3 Å². The molecule has 2 aliphatic heterocycles. The Labute approximate surface area is 191 Å². The SMILES string of the molecule is Cc1c(Br)cc2c(c1Br)OC[C@](CN1CCCC1)(Sc1ccc(Cl)cc1)C2=O. The molecule has 0 aliphatic carbocycles. The highest BCUT2D eigenvalue weighted by atomic mass is 79.9. The average Bonchev–Trinajstić information content (AvgIpc) is 3.18. The van der Waals surface area contributed by atoms with Crippen molar-refractivity contribution < 1.29 is 9.53 Å². The molecule has 0 radical (unpaired) electrons. The number of halogens is 3. The van der Waals surface area contributed by atoms with Crippen molar-refractivity contribution in [1.29, 1.82) is 0 Å². The molecule has 3 nitrogen and oxygen atoms in total. The summed E-state index contributed by atoms with van der Waals surface area (Å²) in [6.45, 7) is 5.09. The van der Waals surface area contributed by atoms with Crippen molar-refractivity contribution in [2.24, 2.45) is 0 Å². The quantitative estimate of drug-likeness (QED) is 0.446. The van der Waals surface area contributed by atoms with E-state index in [0.29, 0.717) is 29.5 Å². The van der Waals surface area contributed by atoms with Gasteiger partial charge >= 0.3 is 0 Å². The number of carbonyl (C=O) groups excluding carboxylic acids is 1. The van der Waals surface area contributed by atoms with Crippen LogP contribution in [0.5, 0.6) is 5.75 Å². The van der Waals surface area contributed by atoms with E-state index < -0.39 is 4.75 Å². The Morgan fingerprint density at radius 3 is 2.57 bits per heavy atom. The number of benzene rings is 2. The molecular weight excluding hydrogens is 526 g/mol. The van der Waals surface area contributed by atoms with Crippen LogP contribution in [0.3, 0.4) is 0 Å². The van der Waals surface area contributed by atoms with Gasteiger partial charge in [-0.3, -0.25) is 4.79 Å². The van der Waals surface area contributed by atoms with Crippen molar-refractivity contribution in [3.8, 4) is 5.75 Å². The summed E-state index contributed by atoms with van der Waals surface area (Å²) in [4.78, 5) is 17.2. The van der Waals surface area contributed by atoms with Gasteiger partial charge in [-0.2, -0.15) is 0 Å². The summed E-state index contributed by atoms with van der Waals surface area (Å²) >= 11 is 14.8. The van der Waals surface area contributed by atoms with E-state index in [1.165, 1.54) is 12.8 Å². The summed E-state index contributed by atoms with van der Waals surface area (Å²) in [7, 11) is 0. The fourth-order valence-corrected chi connectivity index (χ4v) is 6.41. The Morgan fingerprint density at radius 2 is 1.89 bits per heavy atom. The standard InChI is InChI=1S/C21H20Br2ClNO2S/c1-13-17(22)10-16-19(18(13)23)27-12-21(20(16)26,11-25-8-2-3-9-25)28-15-6-4-14(24)5-7-15/h4-7,10H,2-3,8-9,11-12H2,1H3/t21-/m0/s1. The van der Waals surface area contributed by atoms with Crippen LogP contribution in [0.25, 0.3) is 0 Å². The Kier molecular flexibility index (Phi) is 6.15. The number of hydrogen-bond donors (Lipinski definition) is 0. The minimum absolute atomic E-state index is 0.127. The average molecular weight is 546 g/mol. The van der Waals surface area contributed by atoms with Crippen molar-refractivity contribution in [2.75, 3.05) is 26.2 Å². The second-order valence-corrected chi connectivity index (χ2v) is 10.9. The number of nitrogens with zero attached hydrogens (tertiary/aromatic N) is 1. The second-order valence-electron chi connectivity index (χ2n) is 7.33. The van der Waals surface area contributed by atoms with Crippen LogP contribution in [0, 0.1) is 6.92 Å². The molecule has 4 rings (SSSR count). The lowest BCUT2D eigenvalue weighted by Crippen LogP contribution is -2.52. The number of rotatable bonds is 4. The highest BCUT2D eigenvalue weighted by Crippen LogP contribution is 2.47. The van der Waals surface area contributed by atoms with Crippen molar-refractivity contribution in [3.63, 3.8) is 0 Å². The molecule has 0 aromatic heterocycles. The largest absolute Gasteiger partial charge is 0.490 e. The lowest BCUT2D eigenvalue weighted by atomic mass is 9.92. The Morgan fingerprint density at radius 1 is 1.21 bits per heavy atom. The summed E-state index contributed by atoms with van der Waals surface area (Å²) in [6, 6.07) is 9.58. The maximum atomic E-state index is 13.8. The maximum absolute atomic E-state index is 13.8. The Bertz CT molecular complexity index is 916. The van der Waals surface area contributed by atoms with Crippen molar-refractivity contribution >= 4 is 61.0 Å². The van der Waals surface area contributed by atoms with Gasteiger partial charge in [-0.25, -0.2) is 0 Å². The molecule has 1 fully saturated rings. The third kappa shape index (κ3) is 3.91. The van der Waals surface area contributed by atoms with E-state index in [-0.39, 0.29) is 5.78 Å². The van der Waals surface area contributed by atoms with E-state index in [9.17, 15) is 4.79 Å². The summed E-state index contributed by atoms with van der Waals surface area (Å²) < 4.78 is 7.29. The molecule has 0 bridgehead atoms. The molecule has 2 aromatic rings. The van der Waals surface area contributed by atoms with E-state index in [2.05, 4.69) is 36.8 Å². The van der Waals surface area contributed by atoms with Gasteiger partial charge in [0, 0.05) is 20.9 Å². The second kappa shape index (κ2) is 8.31. The molecule has 2 aromatic carbocycles. The molecule has 1 saturated heterocycles. The van der Waals surface area contributed by atoms with Gasteiger partial charge in [0.25, 0.3) is 0 Å². The predicted molar refractivity (Wildman–Crippen MR) is 122 cm³/mol. The fraction of sp³-hybridized carbons (Fsp3) is 0.381. The van der Waals surface area contributed by atoms with Crippen LogP contribution in [0.2, 0.25) is 5.02 Å². The van der Waals surface area contributed by atoms with Crippen LogP contribution in [-0.4, -0.2) is 41.7 Å². The van der Waals surface area contributed by atoms with Gasteiger partial charge in [0.2, 0.25) is 0 Å². The topological polar surface area (TPSA) is 29.5 Å². The van der Waals surface area contributed by atoms with E-state index >= 15 is 0 Å². The zero-order valence-corrected chi connectivity index (χ0v) is 20.2. The smallest absolute Gasteiger partial charge is 0.187 e. The van der Waals surface area contributed by atoms with Gasteiger partial charge in [-0.15, -0.1) is 11.8 Å². The van der Waals surface area contributed by atoms with Crippen molar-refractivity contribution in [3.05, 3.63) is 55.4 Å². The fourth-order valence-electron chi connectivity index (χ4n) is 3.76. The third-order valence-corrected chi connectivity index (χ3v) is 8.68. The first-order chi connectivity index (χ1) is 13.4. The first-order valence-corrected chi connectivity index (χ1v) is 12.0. The third-order valence-electron chi connectivity index (χ3n) is 5.32. The lowest BCUT2D eigenvalue weighted by Gasteiger charge is -2.39. The molecule has 0 amide bonds. The van der Waals surface area contributed by atoms with Crippen LogP contribution >= 0.6 is 55.2 Å². The van der Waals surface area contributed by atoms with Gasteiger partial charge in [-0.05, 0) is 84.7 Å². The molecule has 2 aliphatic rings. The number of carbonyl (C=O) groups is 1. The summed E-state index contributed by atoms with van der Waals surface area (Å²) in [5.41, 5.74) is 1.67. The Hall–Kier alpha value is -0.530. The number of ether oxygens (including phenoxy) is 1. The predicted octanol–water partition coefficient (Wildman–Crippen LogP) is 6.38. The zero-order chi connectivity index (χ0) is 19.9. The highest BCUT2D eigenvalue weighted by molar-refractivity contribution is 9.11. The van der Waals surface area contributed by atoms with E-state index in [1.54, 1.807) is 11.8 Å². The molecule has 28 heavy (non-hydrogen) atoms. The lowest BCUT2D eigenvalue weighted by molar-refractivity contribution is 0.0831. The molecule has 0 unspecified atom stereocenters. The summed E-state index contributed by atoms with van der Waals surface area (Å²) in [6.07, 6.45) is 2.37. The molecule has 7 heteroatoms.